The molecule has 1 saturated carbocycles. The lowest BCUT2D eigenvalue weighted by Crippen LogP contribution is -2.38. The van der Waals surface area contributed by atoms with Gasteiger partial charge in [-0.25, -0.2) is 4.79 Å². The fourth-order valence-corrected chi connectivity index (χ4v) is 1.36. The largest absolute Gasteiger partial charge is 0.492 e. The van der Waals surface area contributed by atoms with Gasteiger partial charge in [-0.05, 0) is 37.1 Å². The van der Waals surface area contributed by atoms with E-state index in [2.05, 4.69) is 10.6 Å². The van der Waals surface area contributed by atoms with Crippen LogP contribution < -0.4 is 21.1 Å². The van der Waals surface area contributed by atoms with Crippen molar-refractivity contribution in [1.82, 2.24) is 10.6 Å². The molecule has 5 heteroatoms. The molecule has 0 aromatic heterocycles. The molecule has 0 heterocycles. The summed E-state index contributed by atoms with van der Waals surface area (Å²) in [5, 5.41) is 5.57. The zero-order chi connectivity index (χ0) is 12.1. The van der Waals surface area contributed by atoms with E-state index in [0.717, 1.165) is 18.6 Å². The van der Waals surface area contributed by atoms with Gasteiger partial charge in [0, 0.05) is 11.7 Å². The highest BCUT2D eigenvalue weighted by atomic mass is 16.5. The van der Waals surface area contributed by atoms with Gasteiger partial charge in [-0.15, -0.1) is 0 Å². The summed E-state index contributed by atoms with van der Waals surface area (Å²) in [6, 6.07) is 7.44. The third kappa shape index (κ3) is 4.22. The SMILES string of the molecule is Nc1ccc(OCCNC(=O)NC2CC2)cc1. The predicted octanol–water partition coefficient (Wildman–Crippen LogP) is 1.11. The van der Waals surface area contributed by atoms with E-state index in [1.165, 1.54) is 0 Å². The van der Waals surface area contributed by atoms with Gasteiger partial charge in [0.05, 0.1) is 6.54 Å². The normalized spacial score (nSPS) is 14.1. The van der Waals surface area contributed by atoms with Gasteiger partial charge in [-0.1, -0.05) is 0 Å². The number of hydrogen-bond donors (Lipinski definition) is 3. The lowest BCUT2D eigenvalue weighted by atomic mass is 10.3. The number of nitrogens with two attached hydrogens (primary N) is 1. The van der Waals surface area contributed by atoms with E-state index in [9.17, 15) is 4.79 Å². The number of amides is 2. The zero-order valence-electron chi connectivity index (χ0n) is 9.61. The third-order valence-electron chi connectivity index (χ3n) is 2.45. The highest BCUT2D eigenvalue weighted by Crippen LogP contribution is 2.18. The van der Waals surface area contributed by atoms with Crippen LogP contribution >= 0.6 is 0 Å². The van der Waals surface area contributed by atoms with Crippen LogP contribution in [0.2, 0.25) is 0 Å². The van der Waals surface area contributed by atoms with E-state index in [0.29, 0.717) is 24.9 Å². The maximum atomic E-state index is 11.3. The molecule has 0 bridgehead atoms. The summed E-state index contributed by atoms with van der Waals surface area (Å²) >= 11 is 0. The van der Waals surface area contributed by atoms with E-state index < -0.39 is 0 Å². The van der Waals surface area contributed by atoms with E-state index in [-0.39, 0.29) is 6.03 Å². The van der Waals surface area contributed by atoms with Gasteiger partial charge in [-0.2, -0.15) is 0 Å². The van der Waals surface area contributed by atoms with Gasteiger partial charge in [0.2, 0.25) is 0 Å². The van der Waals surface area contributed by atoms with Crippen molar-refractivity contribution in [2.45, 2.75) is 18.9 Å². The molecule has 0 atom stereocenters. The first-order valence-electron chi connectivity index (χ1n) is 5.77. The Morgan fingerprint density at radius 1 is 1.35 bits per heavy atom. The predicted molar refractivity (Wildman–Crippen MR) is 65.9 cm³/mol. The average Bonchev–Trinajstić information content (AvgIpc) is 3.11. The molecule has 2 amide bonds. The summed E-state index contributed by atoms with van der Waals surface area (Å²) in [5.74, 6) is 0.753. The van der Waals surface area contributed by atoms with Crippen molar-refractivity contribution in [3.63, 3.8) is 0 Å². The van der Waals surface area contributed by atoms with Gasteiger partial charge >= 0.3 is 6.03 Å². The van der Waals surface area contributed by atoms with Crippen LogP contribution in [0, 0.1) is 0 Å². The Bertz CT molecular complexity index is 374. The van der Waals surface area contributed by atoms with Crippen molar-refractivity contribution in [2.75, 3.05) is 18.9 Å². The molecule has 4 N–H and O–H groups in total. The maximum Gasteiger partial charge on any atom is 0.315 e. The molecule has 0 spiro atoms. The minimum atomic E-state index is -0.117. The minimum Gasteiger partial charge on any atom is -0.492 e. The quantitative estimate of drug-likeness (QED) is 0.528. The Morgan fingerprint density at radius 3 is 2.71 bits per heavy atom. The second-order valence-electron chi connectivity index (χ2n) is 4.09. The van der Waals surface area contributed by atoms with Crippen molar-refractivity contribution in [2.24, 2.45) is 0 Å². The Balaban J connectivity index is 1.59. The second kappa shape index (κ2) is 5.43. The Morgan fingerprint density at radius 2 is 2.06 bits per heavy atom. The molecule has 1 aromatic rings. The van der Waals surface area contributed by atoms with Crippen molar-refractivity contribution < 1.29 is 9.53 Å². The van der Waals surface area contributed by atoms with Crippen LogP contribution in [0.1, 0.15) is 12.8 Å². The van der Waals surface area contributed by atoms with Crippen LogP contribution in [0.3, 0.4) is 0 Å². The minimum absolute atomic E-state index is 0.117. The molecule has 5 nitrogen and oxygen atoms in total. The molecule has 2 rings (SSSR count). The van der Waals surface area contributed by atoms with Crippen LogP contribution in [-0.4, -0.2) is 25.2 Å². The molecule has 0 saturated heterocycles. The highest BCUT2D eigenvalue weighted by Gasteiger charge is 2.22. The van der Waals surface area contributed by atoms with Crippen LogP contribution in [0.4, 0.5) is 10.5 Å². The van der Waals surface area contributed by atoms with E-state index in [4.69, 9.17) is 10.5 Å². The molecular weight excluding hydrogens is 218 g/mol. The zero-order valence-corrected chi connectivity index (χ0v) is 9.61. The second-order valence-corrected chi connectivity index (χ2v) is 4.09. The van der Waals surface area contributed by atoms with Gasteiger partial charge < -0.3 is 21.1 Å². The molecular formula is C12H17N3O2. The van der Waals surface area contributed by atoms with Gasteiger partial charge in [0.1, 0.15) is 12.4 Å². The number of rotatable bonds is 5. The fourth-order valence-electron chi connectivity index (χ4n) is 1.36. The van der Waals surface area contributed by atoms with Crippen LogP contribution in [-0.2, 0) is 0 Å². The van der Waals surface area contributed by atoms with Gasteiger partial charge in [0.15, 0.2) is 0 Å². The molecule has 1 aliphatic carbocycles. The first kappa shape index (κ1) is 11.6. The average molecular weight is 235 g/mol. The molecule has 0 aliphatic heterocycles. The molecule has 92 valence electrons. The third-order valence-corrected chi connectivity index (χ3v) is 2.45. The topological polar surface area (TPSA) is 76.4 Å². The smallest absolute Gasteiger partial charge is 0.315 e. The lowest BCUT2D eigenvalue weighted by Gasteiger charge is -2.08. The number of benzene rings is 1. The van der Waals surface area contributed by atoms with E-state index in [1.807, 2.05) is 0 Å². The number of urea groups is 1. The summed E-state index contributed by atoms with van der Waals surface area (Å²) in [5.41, 5.74) is 6.26. The number of anilines is 1. The van der Waals surface area contributed by atoms with Gasteiger partial charge in [-0.3, -0.25) is 0 Å². The fraction of sp³-hybridized carbons (Fsp3) is 0.417. The summed E-state index contributed by atoms with van der Waals surface area (Å²) < 4.78 is 5.43. The van der Waals surface area contributed by atoms with Crippen molar-refractivity contribution >= 4 is 11.7 Å². The van der Waals surface area contributed by atoms with Crippen LogP contribution in [0.5, 0.6) is 5.75 Å². The van der Waals surface area contributed by atoms with E-state index in [1.54, 1.807) is 24.3 Å². The summed E-state index contributed by atoms with van der Waals surface area (Å²) in [6.07, 6.45) is 2.19. The standard InChI is InChI=1S/C12H17N3O2/c13-9-1-5-11(6-2-9)17-8-7-14-12(16)15-10-3-4-10/h1-2,5-6,10H,3-4,7-8,13H2,(H2,14,15,16). The molecule has 1 aliphatic rings. The van der Waals surface area contributed by atoms with Crippen molar-refractivity contribution in [3.8, 4) is 5.75 Å². The molecule has 0 radical (unpaired) electrons. The van der Waals surface area contributed by atoms with Crippen molar-refractivity contribution in [3.05, 3.63) is 24.3 Å². The number of hydrogen-bond acceptors (Lipinski definition) is 3. The van der Waals surface area contributed by atoms with Crippen molar-refractivity contribution in [1.29, 1.82) is 0 Å². The number of ether oxygens (including phenoxy) is 1. The van der Waals surface area contributed by atoms with Crippen LogP contribution in [0.15, 0.2) is 24.3 Å². The molecule has 1 fully saturated rings. The highest BCUT2D eigenvalue weighted by molar-refractivity contribution is 5.74. The Hall–Kier alpha value is -1.91. The maximum absolute atomic E-state index is 11.3. The molecule has 1 aromatic carbocycles. The number of carbonyl (C=O) groups excluding carboxylic acids is 1. The summed E-state index contributed by atoms with van der Waals surface area (Å²) in [7, 11) is 0. The lowest BCUT2D eigenvalue weighted by molar-refractivity contribution is 0.236. The number of nitrogens with one attached hydrogen (secondary N) is 2. The monoisotopic (exact) mass is 235 g/mol. The number of carbonyl (C=O) groups is 1. The Kier molecular flexibility index (Phi) is 3.69. The van der Waals surface area contributed by atoms with E-state index >= 15 is 0 Å². The summed E-state index contributed by atoms with van der Waals surface area (Å²) in [6.45, 7) is 0.935. The van der Waals surface area contributed by atoms with Gasteiger partial charge in [0.25, 0.3) is 0 Å². The molecule has 0 unspecified atom stereocenters. The first-order chi connectivity index (χ1) is 8.24. The Labute approximate surface area is 100 Å². The number of nitrogen functional groups attached to an aromatic ring is 1. The summed E-state index contributed by atoms with van der Waals surface area (Å²) in [4.78, 5) is 11.3. The molecule has 17 heavy (non-hydrogen) atoms. The van der Waals surface area contributed by atoms with Crippen LogP contribution in [0.25, 0.3) is 0 Å². The first-order valence-corrected chi connectivity index (χ1v) is 5.77.